The minimum Gasteiger partial charge on any atom is -0.361 e. The number of nitrogens with one attached hydrogen (secondary N) is 1. The van der Waals surface area contributed by atoms with Gasteiger partial charge in [-0.2, -0.15) is 0 Å². The molecular formula is C20H17N2+. The average Bonchev–Trinajstić information content (AvgIpc) is 3.00. The highest BCUT2D eigenvalue weighted by Gasteiger charge is 2.10. The van der Waals surface area contributed by atoms with Crippen LogP contribution in [0.15, 0.2) is 85.3 Å². The Kier molecular flexibility index (Phi) is 3.20. The van der Waals surface area contributed by atoms with E-state index in [1.807, 2.05) is 0 Å². The second-order valence-corrected chi connectivity index (χ2v) is 5.50. The monoisotopic (exact) mass is 285 g/mol. The molecule has 0 bridgehead atoms. The first-order valence-corrected chi connectivity index (χ1v) is 7.50. The van der Waals surface area contributed by atoms with Crippen molar-refractivity contribution < 1.29 is 4.57 Å². The summed E-state index contributed by atoms with van der Waals surface area (Å²) >= 11 is 0. The molecular weight excluding hydrogens is 268 g/mol. The van der Waals surface area contributed by atoms with Crippen LogP contribution in [0.3, 0.4) is 0 Å². The molecule has 2 aromatic carbocycles. The maximum Gasteiger partial charge on any atom is 0.177 e. The lowest BCUT2D eigenvalue weighted by Gasteiger charge is -2.01. The van der Waals surface area contributed by atoms with Crippen LogP contribution >= 0.6 is 0 Å². The van der Waals surface area contributed by atoms with E-state index in [0.29, 0.717) is 0 Å². The molecule has 0 aliphatic carbocycles. The van der Waals surface area contributed by atoms with Crippen molar-refractivity contribution in [2.45, 2.75) is 6.54 Å². The summed E-state index contributed by atoms with van der Waals surface area (Å²) in [5.74, 6) is 0. The number of rotatable bonds is 3. The van der Waals surface area contributed by atoms with E-state index in [1.165, 1.54) is 27.6 Å². The van der Waals surface area contributed by atoms with Gasteiger partial charge in [-0.15, -0.1) is 0 Å². The first-order chi connectivity index (χ1) is 10.9. The molecule has 0 saturated carbocycles. The van der Waals surface area contributed by atoms with Gasteiger partial charge in [-0.25, -0.2) is 4.57 Å². The Labute approximate surface area is 129 Å². The van der Waals surface area contributed by atoms with Crippen LogP contribution in [0.25, 0.3) is 22.0 Å². The quantitative estimate of drug-likeness (QED) is 0.545. The Morgan fingerprint density at radius 3 is 2.55 bits per heavy atom. The lowest BCUT2D eigenvalue weighted by atomic mass is 10.1. The number of aromatic amines is 1. The minimum absolute atomic E-state index is 0.886. The number of nitrogens with zero attached hydrogens (tertiary/aromatic N) is 1. The fraction of sp³-hybridized carbons (Fsp3) is 0.0500. The first kappa shape index (κ1) is 12.8. The molecule has 2 heterocycles. The third-order valence-electron chi connectivity index (χ3n) is 3.97. The summed E-state index contributed by atoms with van der Waals surface area (Å²) in [5.41, 5.74) is 4.97. The molecule has 0 fully saturated rings. The summed E-state index contributed by atoms with van der Waals surface area (Å²) in [6, 6.07) is 23.2. The van der Waals surface area contributed by atoms with E-state index in [4.69, 9.17) is 0 Å². The highest BCUT2D eigenvalue weighted by atomic mass is 14.9. The van der Waals surface area contributed by atoms with Crippen molar-refractivity contribution in [1.82, 2.24) is 4.98 Å². The smallest absolute Gasteiger partial charge is 0.177 e. The van der Waals surface area contributed by atoms with Crippen LogP contribution in [-0.4, -0.2) is 4.98 Å². The summed E-state index contributed by atoms with van der Waals surface area (Å²) in [4.78, 5) is 3.35. The van der Waals surface area contributed by atoms with Crippen molar-refractivity contribution in [1.29, 1.82) is 0 Å². The van der Waals surface area contributed by atoms with Crippen molar-refractivity contribution in [3.8, 4) is 11.1 Å². The van der Waals surface area contributed by atoms with E-state index in [0.717, 1.165) is 6.54 Å². The first-order valence-electron chi connectivity index (χ1n) is 7.50. The second kappa shape index (κ2) is 5.49. The molecule has 0 amide bonds. The van der Waals surface area contributed by atoms with Crippen molar-refractivity contribution in [3.05, 3.63) is 90.9 Å². The van der Waals surface area contributed by atoms with Gasteiger partial charge in [-0.05, 0) is 12.1 Å². The van der Waals surface area contributed by atoms with Gasteiger partial charge in [-0.3, -0.25) is 0 Å². The Morgan fingerprint density at radius 1 is 0.818 bits per heavy atom. The minimum atomic E-state index is 0.886. The zero-order valence-electron chi connectivity index (χ0n) is 12.2. The Morgan fingerprint density at radius 2 is 1.64 bits per heavy atom. The van der Waals surface area contributed by atoms with Gasteiger partial charge in [0.15, 0.2) is 18.9 Å². The Balaban J connectivity index is 1.73. The molecule has 0 saturated heterocycles. The normalized spacial score (nSPS) is 10.9. The van der Waals surface area contributed by atoms with Crippen LogP contribution < -0.4 is 4.57 Å². The van der Waals surface area contributed by atoms with E-state index in [2.05, 4.69) is 94.9 Å². The van der Waals surface area contributed by atoms with Gasteiger partial charge in [0.25, 0.3) is 0 Å². The molecule has 0 unspecified atom stereocenters. The number of aromatic nitrogens is 2. The van der Waals surface area contributed by atoms with Gasteiger partial charge in [0.05, 0.1) is 0 Å². The average molecular weight is 285 g/mol. The summed E-state index contributed by atoms with van der Waals surface area (Å²) in [6.07, 6.45) is 6.42. The second-order valence-electron chi connectivity index (χ2n) is 5.50. The van der Waals surface area contributed by atoms with Crippen LogP contribution in [0.5, 0.6) is 0 Å². The van der Waals surface area contributed by atoms with Crippen LogP contribution in [0.1, 0.15) is 5.56 Å². The molecule has 2 nitrogen and oxygen atoms in total. The summed E-state index contributed by atoms with van der Waals surface area (Å²) in [6.45, 7) is 0.886. The summed E-state index contributed by atoms with van der Waals surface area (Å²) < 4.78 is 2.23. The van der Waals surface area contributed by atoms with E-state index in [1.54, 1.807) is 0 Å². The molecule has 4 rings (SSSR count). The molecule has 2 heteroatoms. The SMILES string of the molecule is c1ccc(C[n+]2cccc(-c3c[nH]c4ccccc34)c2)cc1. The van der Waals surface area contributed by atoms with Gasteiger partial charge < -0.3 is 4.98 Å². The molecule has 106 valence electrons. The third kappa shape index (κ3) is 2.40. The molecule has 0 aliphatic rings. The summed E-state index contributed by atoms with van der Waals surface area (Å²) in [5, 5.41) is 1.26. The topological polar surface area (TPSA) is 19.7 Å². The van der Waals surface area contributed by atoms with Crippen molar-refractivity contribution >= 4 is 10.9 Å². The zero-order chi connectivity index (χ0) is 14.8. The fourth-order valence-corrected chi connectivity index (χ4v) is 2.88. The lowest BCUT2D eigenvalue weighted by Crippen LogP contribution is -2.33. The van der Waals surface area contributed by atoms with Crippen LogP contribution in [-0.2, 0) is 6.54 Å². The largest absolute Gasteiger partial charge is 0.361 e. The molecule has 0 atom stereocenters. The van der Waals surface area contributed by atoms with E-state index < -0.39 is 0 Å². The van der Waals surface area contributed by atoms with Crippen LogP contribution in [0.4, 0.5) is 0 Å². The number of para-hydroxylation sites is 1. The number of hydrogen-bond donors (Lipinski definition) is 1. The number of hydrogen-bond acceptors (Lipinski definition) is 0. The van der Waals surface area contributed by atoms with E-state index in [9.17, 15) is 0 Å². The molecule has 0 aliphatic heterocycles. The standard InChI is InChI=1S/C20H17N2/c1-2-7-16(8-3-1)14-22-12-6-9-17(15-22)19-13-21-20-11-5-4-10-18(19)20/h1-13,15,21H,14H2/q+1. The number of benzene rings is 2. The Bertz CT molecular complexity index is 907. The molecule has 0 radical (unpaired) electrons. The zero-order valence-corrected chi connectivity index (χ0v) is 12.2. The van der Waals surface area contributed by atoms with Crippen LogP contribution in [0.2, 0.25) is 0 Å². The predicted molar refractivity (Wildman–Crippen MR) is 89.5 cm³/mol. The number of pyridine rings is 1. The lowest BCUT2D eigenvalue weighted by molar-refractivity contribution is -0.687. The Hall–Kier alpha value is -2.87. The maximum atomic E-state index is 3.35. The predicted octanol–water partition coefficient (Wildman–Crippen LogP) is 4.17. The molecule has 22 heavy (non-hydrogen) atoms. The third-order valence-corrected chi connectivity index (χ3v) is 3.97. The van der Waals surface area contributed by atoms with E-state index in [-0.39, 0.29) is 0 Å². The van der Waals surface area contributed by atoms with E-state index >= 15 is 0 Å². The van der Waals surface area contributed by atoms with Gasteiger partial charge >= 0.3 is 0 Å². The summed E-state index contributed by atoms with van der Waals surface area (Å²) in [7, 11) is 0. The highest BCUT2D eigenvalue weighted by Crippen LogP contribution is 2.27. The van der Waals surface area contributed by atoms with Crippen molar-refractivity contribution in [2.24, 2.45) is 0 Å². The highest BCUT2D eigenvalue weighted by molar-refractivity contribution is 5.95. The van der Waals surface area contributed by atoms with Crippen LogP contribution in [0, 0.1) is 0 Å². The fourth-order valence-electron chi connectivity index (χ4n) is 2.88. The maximum absolute atomic E-state index is 3.35. The molecule has 1 N–H and O–H groups in total. The number of fused-ring (bicyclic) bond motifs is 1. The molecule has 2 aromatic heterocycles. The number of H-pyrrole nitrogens is 1. The van der Waals surface area contributed by atoms with Gasteiger partial charge in [0.1, 0.15) is 0 Å². The van der Waals surface area contributed by atoms with Gasteiger partial charge in [0.2, 0.25) is 0 Å². The van der Waals surface area contributed by atoms with Gasteiger partial charge in [0, 0.05) is 39.9 Å². The van der Waals surface area contributed by atoms with Crippen molar-refractivity contribution in [3.63, 3.8) is 0 Å². The molecule has 4 aromatic rings. The molecule has 0 spiro atoms. The van der Waals surface area contributed by atoms with Crippen molar-refractivity contribution in [2.75, 3.05) is 0 Å². The van der Waals surface area contributed by atoms with Gasteiger partial charge in [-0.1, -0.05) is 48.5 Å².